The fraction of sp³-hybridized carbons (Fsp3) is 0.211. The molecular formula is C19H15ClFN3O3S2. The number of carbonyl (C=O) groups excluding carboxylic acids is 1. The van der Waals surface area contributed by atoms with Crippen LogP contribution in [-0.2, 0) is 15.6 Å². The third-order valence-electron chi connectivity index (χ3n) is 4.35. The van der Waals surface area contributed by atoms with E-state index in [2.05, 4.69) is 15.3 Å². The van der Waals surface area contributed by atoms with Crippen LogP contribution >= 0.6 is 22.9 Å². The number of nitrogens with zero attached hydrogens (tertiary/aromatic N) is 2. The number of halogens is 2. The number of carbonyl (C=O) groups is 1. The lowest BCUT2D eigenvalue weighted by Gasteiger charge is -2.06. The molecule has 1 aromatic carbocycles. The van der Waals surface area contributed by atoms with Gasteiger partial charge in [0.15, 0.2) is 15.0 Å². The molecule has 1 aliphatic rings. The number of amides is 1. The molecule has 1 amide bonds. The van der Waals surface area contributed by atoms with Crippen LogP contribution in [0.4, 0.5) is 9.52 Å². The maximum atomic E-state index is 14.1. The summed E-state index contributed by atoms with van der Waals surface area (Å²) in [6.45, 7) is 0. The largest absolute Gasteiger partial charge is 0.296 e. The summed E-state index contributed by atoms with van der Waals surface area (Å²) < 4.78 is 40.2. The van der Waals surface area contributed by atoms with Gasteiger partial charge in [-0.2, -0.15) is 0 Å². The van der Waals surface area contributed by atoms with Gasteiger partial charge in [0.1, 0.15) is 15.7 Å². The van der Waals surface area contributed by atoms with Crippen LogP contribution in [0.3, 0.4) is 0 Å². The Morgan fingerprint density at radius 2 is 2.07 bits per heavy atom. The molecule has 10 heteroatoms. The zero-order valence-corrected chi connectivity index (χ0v) is 17.3. The van der Waals surface area contributed by atoms with E-state index in [0.717, 1.165) is 30.2 Å². The number of thiazole rings is 1. The highest BCUT2D eigenvalue weighted by molar-refractivity contribution is 7.92. The van der Waals surface area contributed by atoms with Crippen LogP contribution in [0.15, 0.2) is 46.8 Å². The number of anilines is 1. The zero-order valence-electron chi connectivity index (χ0n) is 14.9. The Balaban J connectivity index is 1.63. The van der Waals surface area contributed by atoms with Crippen molar-refractivity contribution in [3.05, 3.63) is 70.4 Å². The van der Waals surface area contributed by atoms with Gasteiger partial charge in [-0.15, -0.1) is 0 Å². The lowest BCUT2D eigenvalue weighted by molar-refractivity contribution is 0.102. The summed E-state index contributed by atoms with van der Waals surface area (Å²) >= 11 is 6.62. The summed E-state index contributed by atoms with van der Waals surface area (Å²) in [4.78, 5) is 20.6. The van der Waals surface area contributed by atoms with Gasteiger partial charge in [-0.25, -0.2) is 17.8 Å². The summed E-state index contributed by atoms with van der Waals surface area (Å²) in [7, 11) is -3.86. The van der Waals surface area contributed by atoms with E-state index in [0.29, 0.717) is 5.69 Å². The van der Waals surface area contributed by atoms with E-state index >= 15 is 0 Å². The second-order valence-electron chi connectivity index (χ2n) is 6.63. The summed E-state index contributed by atoms with van der Waals surface area (Å²) in [5, 5.41) is 2.98. The molecule has 0 unspecified atom stereocenters. The standard InChI is InChI=1S/C19H15ClFN3O3S2/c20-13-7-6-12(14(21)9-13)10-29(26,27)18-16(11-4-5-11)23-19(28-18)24-17(25)15-3-1-2-8-22-15/h1-3,6-9,11H,4-5,10H2,(H,23,24,25). The zero-order chi connectivity index (χ0) is 20.6. The minimum atomic E-state index is -3.86. The number of pyridine rings is 1. The quantitative estimate of drug-likeness (QED) is 0.598. The van der Waals surface area contributed by atoms with Crippen LogP contribution in [0, 0.1) is 5.82 Å². The molecule has 1 saturated carbocycles. The average molecular weight is 452 g/mol. The third-order valence-corrected chi connectivity index (χ3v) is 7.84. The lowest BCUT2D eigenvalue weighted by atomic mass is 10.2. The molecule has 150 valence electrons. The maximum absolute atomic E-state index is 14.1. The van der Waals surface area contributed by atoms with Crippen molar-refractivity contribution in [2.24, 2.45) is 0 Å². The van der Waals surface area contributed by atoms with Gasteiger partial charge in [0.2, 0.25) is 0 Å². The molecule has 1 fully saturated rings. The molecule has 2 heterocycles. The number of hydrogen-bond donors (Lipinski definition) is 1. The van der Waals surface area contributed by atoms with E-state index in [4.69, 9.17) is 11.6 Å². The number of hydrogen-bond acceptors (Lipinski definition) is 6. The SMILES string of the molecule is O=C(Nc1nc(C2CC2)c(S(=O)(=O)Cc2ccc(Cl)cc2F)s1)c1ccccn1. The lowest BCUT2D eigenvalue weighted by Crippen LogP contribution is -2.13. The molecule has 1 aliphatic carbocycles. The molecule has 0 radical (unpaired) electrons. The van der Waals surface area contributed by atoms with Crippen molar-refractivity contribution in [1.82, 2.24) is 9.97 Å². The van der Waals surface area contributed by atoms with Gasteiger partial charge in [0.05, 0.1) is 11.4 Å². The second kappa shape index (κ2) is 7.81. The molecule has 3 aromatic rings. The Kier molecular flexibility index (Phi) is 5.37. The van der Waals surface area contributed by atoms with Gasteiger partial charge in [0, 0.05) is 22.7 Å². The Morgan fingerprint density at radius 3 is 2.72 bits per heavy atom. The van der Waals surface area contributed by atoms with E-state index in [-0.39, 0.29) is 31.5 Å². The molecule has 0 aliphatic heterocycles. The van der Waals surface area contributed by atoms with Crippen LogP contribution in [-0.4, -0.2) is 24.3 Å². The average Bonchev–Trinajstić information content (AvgIpc) is 3.44. The summed E-state index contributed by atoms with van der Waals surface area (Å²) in [6.07, 6.45) is 3.15. The molecule has 6 nitrogen and oxygen atoms in total. The molecule has 29 heavy (non-hydrogen) atoms. The first-order valence-corrected chi connectivity index (χ1v) is 11.6. The van der Waals surface area contributed by atoms with Gasteiger partial charge in [0.25, 0.3) is 5.91 Å². The second-order valence-corrected chi connectivity index (χ2v) is 10.3. The van der Waals surface area contributed by atoms with E-state index < -0.39 is 27.3 Å². The monoisotopic (exact) mass is 451 g/mol. The Bertz CT molecular complexity index is 1180. The van der Waals surface area contributed by atoms with Crippen LogP contribution in [0.25, 0.3) is 0 Å². The molecule has 2 aromatic heterocycles. The predicted octanol–water partition coefficient (Wildman–Crippen LogP) is 4.43. The summed E-state index contributed by atoms with van der Waals surface area (Å²) in [6, 6.07) is 8.80. The first-order valence-electron chi connectivity index (χ1n) is 8.73. The summed E-state index contributed by atoms with van der Waals surface area (Å²) in [5.41, 5.74) is 0.660. The van der Waals surface area contributed by atoms with Crippen molar-refractivity contribution in [3.8, 4) is 0 Å². The number of nitrogens with one attached hydrogen (secondary N) is 1. The normalized spacial score (nSPS) is 14.0. The smallest absolute Gasteiger partial charge is 0.276 e. The minimum absolute atomic E-state index is 0.0311. The third kappa shape index (κ3) is 4.47. The highest BCUT2D eigenvalue weighted by Crippen LogP contribution is 2.46. The van der Waals surface area contributed by atoms with Crippen molar-refractivity contribution in [2.75, 3.05) is 5.32 Å². The Morgan fingerprint density at radius 1 is 1.28 bits per heavy atom. The maximum Gasteiger partial charge on any atom is 0.276 e. The van der Waals surface area contributed by atoms with Crippen LogP contribution < -0.4 is 5.32 Å². The molecule has 0 atom stereocenters. The van der Waals surface area contributed by atoms with Crippen molar-refractivity contribution in [3.63, 3.8) is 0 Å². The first kappa shape index (κ1) is 19.9. The van der Waals surface area contributed by atoms with Crippen molar-refractivity contribution in [1.29, 1.82) is 0 Å². The van der Waals surface area contributed by atoms with Gasteiger partial charge < -0.3 is 0 Å². The number of rotatable bonds is 6. The predicted molar refractivity (Wildman–Crippen MR) is 109 cm³/mol. The van der Waals surface area contributed by atoms with E-state index in [1.165, 1.54) is 18.3 Å². The number of sulfone groups is 1. The van der Waals surface area contributed by atoms with Crippen molar-refractivity contribution < 1.29 is 17.6 Å². The topological polar surface area (TPSA) is 89.0 Å². The highest BCUT2D eigenvalue weighted by atomic mass is 35.5. The summed E-state index contributed by atoms with van der Waals surface area (Å²) in [5.74, 6) is -1.63. The van der Waals surface area contributed by atoms with Gasteiger partial charge in [-0.05, 0) is 37.1 Å². The van der Waals surface area contributed by atoms with Gasteiger partial charge in [-0.3, -0.25) is 15.1 Å². The van der Waals surface area contributed by atoms with Gasteiger partial charge >= 0.3 is 0 Å². The first-order chi connectivity index (χ1) is 13.8. The minimum Gasteiger partial charge on any atom is -0.296 e. The van der Waals surface area contributed by atoms with E-state index in [1.807, 2.05) is 0 Å². The molecule has 0 saturated heterocycles. The number of aromatic nitrogens is 2. The van der Waals surface area contributed by atoms with E-state index in [1.54, 1.807) is 18.2 Å². The molecular weight excluding hydrogens is 437 g/mol. The fourth-order valence-corrected chi connectivity index (χ4v) is 5.94. The fourth-order valence-electron chi connectivity index (χ4n) is 2.78. The molecule has 0 bridgehead atoms. The molecule has 0 spiro atoms. The van der Waals surface area contributed by atoms with Crippen molar-refractivity contribution >= 4 is 43.8 Å². The van der Waals surface area contributed by atoms with Crippen molar-refractivity contribution in [2.45, 2.75) is 28.7 Å². The molecule has 1 N–H and O–H groups in total. The van der Waals surface area contributed by atoms with Gasteiger partial charge in [-0.1, -0.05) is 35.1 Å². The Hall–Kier alpha value is -2.36. The van der Waals surface area contributed by atoms with E-state index in [9.17, 15) is 17.6 Å². The van der Waals surface area contributed by atoms with Crippen LogP contribution in [0.1, 0.15) is 40.5 Å². The Labute approximate surface area is 175 Å². The molecule has 4 rings (SSSR count). The highest BCUT2D eigenvalue weighted by Gasteiger charge is 2.35. The van der Waals surface area contributed by atoms with Crippen LogP contribution in [0.5, 0.6) is 0 Å². The van der Waals surface area contributed by atoms with Crippen LogP contribution in [0.2, 0.25) is 5.02 Å². The number of benzene rings is 1.